The zero-order chi connectivity index (χ0) is 25.7. The van der Waals surface area contributed by atoms with Crippen LogP contribution >= 0.6 is 0 Å². The van der Waals surface area contributed by atoms with Gasteiger partial charge in [0.15, 0.2) is 0 Å². The molecule has 3 aromatic rings. The maximum Gasteiger partial charge on any atom is 0.270 e. The molecule has 0 atom stereocenters. The van der Waals surface area contributed by atoms with E-state index in [1.807, 2.05) is 18.3 Å². The van der Waals surface area contributed by atoms with Crippen molar-refractivity contribution in [3.8, 4) is 0 Å². The molecule has 10 nitrogen and oxygen atoms in total. The fraction of sp³-hybridized carbons (Fsp3) is 0.462. The first-order valence-corrected chi connectivity index (χ1v) is 12.5. The number of carbonyl (C=O) groups is 1. The summed E-state index contributed by atoms with van der Waals surface area (Å²) in [6.45, 7) is 8.60. The number of aliphatic hydroxyl groups excluding tert-OH is 1. The number of amides is 1. The fourth-order valence-corrected chi connectivity index (χ4v) is 4.68. The zero-order valence-electron chi connectivity index (χ0n) is 21.4. The van der Waals surface area contributed by atoms with Crippen LogP contribution in [0, 0.1) is 0 Å². The number of fused-ring (bicyclic) bond motifs is 1. The molecule has 36 heavy (non-hydrogen) atoms. The highest BCUT2D eigenvalue weighted by atomic mass is 16.3. The van der Waals surface area contributed by atoms with E-state index in [-0.39, 0.29) is 11.7 Å². The third-order valence-corrected chi connectivity index (χ3v) is 6.36. The van der Waals surface area contributed by atoms with E-state index in [9.17, 15) is 4.79 Å². The normalized spacial score (nSPS) is 15.9. The molecular weight excluding hydrogens is 456 g/mol. The lowest BCUT2D eigenvalue weighted by atomic mass is 10.2. The van der Waals surface area contributed by atoms with E-state index in [4.69, 9.17) is 10.1 Å². The second-order valence-corrected chi connectivity index (χ2v) is 9.51. The summed E-state index contributed by atoms with van der Waals surface area (Å²) >= 11 is 0. The molecule has 0 radical (unpaired) electrons. The highest BCUT2D eigenvalue weighted by Crippen LogP contribution is 2.35. The second kappa shape index (κ2) is 11.4. The van der Waals surface area contributed by atoms with Crippen molar-refractivity contribution in [2.45, 2.75) is 38.6 Å². The van der Waals surface area contributed by atoms with Crippen LogP contribution < -0.4 is 15.5 Å². The molecule has 0 unspecified atom stereocenters. The summed E-state index contributed by atoms with van der Waals surface area (Å²) < 4.78 is 2.12. The first-order valence-electron chi connectivity index (χ1n) is 12.5. The Kier molecular flexibility index (Phi) is 8.04. The summed E-state index contributed by atoms with van der Waals surface area (Å²) in [4.78, 5) is 30.6. The lowest BCUT2D eigenvalue weighted by Crippen LogP contribution is -2.43. The lowest BCUT2D eigenvalue weighted by Gasteiger charge is -2.29. The average molecular weight is 493 g/mol. The van der Waals surface area contributed by atoms with Crippen molar-refractivity contribution in [3.63, 3.8) is 0 Å². The van der Waals surface area contributed by atoms with Crippen molar-refractivity contribution in [2.24, 2.45) is 0 Å². The van der Waals surface area contributed by atoms with Gasteiger partial charge in [0.25, 0.3) is 5.91 Å². The van der Waals surface area contributed by atoms with Crippen molar-refractivity contribution < 1.29 is 9.90 Å². The van der Waals surface area contributed by atoms with E-state index >= 15 is 0 Å². The van der Waals surface area contributed by atoms with Gasteiger partial charge in [-0.15, -0.1) is 0 Å². The molecule has 192 valence electrons. The van der Waals surface area contributed by atoms with Gasteiger partial charge in [-0.1, -0.05) is 19.4 Å². The minimum absolute atomic E-state index is 0.00502. The van der Waals surface area contributed by atoms with Crippen LogP contribution in [0.5, 0.6) is 0 Å². The van der Waals surface area contributed by atoms with Gasteiger partial charge in [0, 0.05) is 57.9 Å². The standard InChI is InChI=1S/C23H30N8O.C3H6O/c1-29(2)22(32)19-13-16-14-26-23(28-21(16)31(19)17-5-3-4-6-17)27-20-8-7-18(15-25-20)30-11-9-24-10-12-30;1-3(2)4/h7-8,13-15,17,24H,3-6,9-12H2,1-2H3,(H,25,26,27,28);4H,1H2,2H3. The number of hydrogen-bond acceptors (Lipinski definition) is 8. The van der Waals surface area contributed by atoms with Gasteiger partial charge in [-0.05, 0) is 38.0 Å². The number of anilines is 3. The fourth-order valence-electron chi connectivity index (χ4n) is 4.68. The number of aliphatic hydroxyl groups is 1. The number of pyridine rings is 1. The first-order chi connectivity index (χ1) is 17.3. The number of rotatable bonds is 5. The van der Waals surface area contributed by atoms with Crippen LogP contribution in [-0.4, -0.2) is 75.7 Å². The number of allylic oxidation sites excluding steroid dienone is 1. The molecule has 0 bridgehead atoms. The van der Waals surface area contributed by atoms with E-state index in [2.05, 4.69) is 42.7 Å². The number of carbonyl (C=O) groups excluding carboxylic acids is 1. The van der Waals surface area contributed by atoms with Crippen LogP contribution in [0.3, 0.4) is 0 Å². The third-order valence-electron chi connectivity index (χ3n) is 6.36. The highest BCUT2D eigenvalue weighted by Gasteiger charge is 2.26. The number of nitrogens with zero attached hydrogens (tertiary/aromatic N) is 6. The molecule has 2 aliphatic rings. The molecule has 1 saturated heterocycles. The van der Waals surface area contributed by atoms with Gasteiger partial charge in [-0.3, -0.25) is 4.79 Å². The second-order valence-electron chi connectivity index (χ2n) is 9.51. The Morgan fingerprint density at radius 2 is 1.86 bits per heavy atom. The number of nitrogens with one attached hydrogen (secondary N) is 2. The maximum absolute atomic E-state index is 12.9. The molecule has 0 spiro atoms. The van der Waals surface area contributed by atoms with Gasteiger partial charge in [0.05, 0.1) is 17.6 Å². The molecule has 1 aliphatic heterocycles. The Labute approximate surface area is 212 Å². The van der Waals surface area contributed by atoms with Crippen LogP contribution in [0.2, 0.25) is 0 Å². The quantitative estimate of drug-likeness (QED) is 0.460. The van der Waals surface area contributed by atoms with Crippen LogP contribution in [0.1, 0.15) is 49.1 Å². The molecule has 3 aromatic heterocycles. The molecular formula is C26H36N8O2. The topological polar surface area (TPSA) is 111 Å². The molecule has 10 heteroatoms. The van der Waals surface area contributed by atoms with Gasteiger partial charge in [0.2, 0.25) is 5.95 Å². The first kappa shape index (κ1) is 25.4. The van der Waals surface area contributed by atoms with Gasteiger partial charge >= 0.3 is 0 Å². The Morgan fingerprint density at radius 1 is 1.17 bits per heavy atom. The smallest absolute Gasteiger partial charge is 0.270 e. The van der Waals surface area contributed by atoms with Gasteiger partial charge in [-0.2, -0.15) is 4.98 Å². The van der Waals surface area contributed by atoms with E-state index < -0.39 is 0 Å². The van der Waals surface area contributed by atoms with Gasteiger partial charge in [-0.25, -0.2) is 9.97 Å². The van der Waals surface area contributed by atoms with Crippen molar-refractivity contribution >= 4 is 34.4 Å². The summed E-state index contributed by atoms with van der Waals surface area (Å²) in [6, 6.07) is 6.25. The van der Waals surface area contributed by atoms with Crippen LogP contribution in [-0.2, 0) is 0 Å². The van der Waals surface area contributed by atoms with Crippen LogP contribution in [0.25, 0.3) is 11.0 Å². The number of hydrogen-bond donors (Lipinski definition) is 3. The Bertz CT molecular complexity index is 1190. The average Bonchev–Trinajstić information content (AvgIpc) is 3.52. The Hall–Kier alpha value is -3.66. The Morgan fingerprint density at radius 3 is 2.47 bits per heavy atom. The predicted octanol–water partition coefficient (Wildman–Crippen LogP) is 3.87. The van der Waals surface area contributed by atoms with Crippen LogP contribution in [0.4, 0.5) is 17.5 Å². The summed E-state index contributed by atoms with van der Waals surface area (Å²) in [5.74, 6) is 1.35. The number of aromatic nitrogens is 4. The zero-order valence-corrected chi connectivity index (χ0v) is 21.4. The highest BCUT2D eigenvalue weighted by molar-refractivity contribution is 5.97. The largest absolute Gasteiger partial charge is 0.513 e. The van der Waals surface area contributed by atoms with Gasteiger partial charge < -0.3 is 30.1 Å². The van der Waals surface area contributed by atoms with E-state index in [0.29, 0.717) is 23.5 Å². The minimum Gasteiger partial charge on any atom is -0.513 e. The maximum atomic E-state index is 12.9. The molecule has 5 rings (SSSR count). The molecule has 3 N–H and O–H groups in total. The van der Waals surface area contributed by atoms with E-state index in [0.717, 1.165) is 55.7 Å². The number of piperazine rings is 1. The van der Waals surface area contributed by atoms with Crippen molar-refractivity contribution in [3.05, 3.63) is 48.6 Å². The van der Waals surface area contributed by atoms with Crippen LogP contribution in [0.15, 0.2) is 42.9 Å². The molecule has 2 fully saturated rings. The summed E-state index contributed by atoms with van der Waals surface area (Å²) in [6.07, 6.45) is 8.18. The monoisotopic (exact) mass is 492 g/mol. The summed E-state index contributed by atoms with van der Waals surface area (Å²) in [5, 5.41) is 15.3. The Balaban J connectivity index is 0.000000709. The predicted molar refractivity (Wildman–Crippen MR) is 143 cm³/mol. The van der Waals surface area contributed by atoms with E-state index in [1.54, 1.807) is 25.2 Å². The summed E-state index contributed by atoms with van der Waals surface area (Å²) in [7, 11) is 3.57. The van der Waals surface area contributed by atoms with Gasteiger partial charge in [0.1, 0.15) is 17.2 Å². The van der Waals surface area contributed by atoms with Crippen molar-refractivity contribution in [1.82, 2.24) is 29.7 Å². The molecule has 1 saturated carbocycles. The molecule has 1 aliphatic carbocycles. The van der Waals surface area contributed by atoms with Crippen molar-refractivity contribution in [1.29, 1.82) is 0 Å². The lowest BCUT2D eigenvalue weighted by molar-refractivity contribution is 0.0815. The third kappa shape index (κ3) is 5.93. The molecule has 0 aromatic carbocycles. The molecule has 1 amide bonds. The summed E-state index contributed by atoms with van der Waals surface area (Å²) in [5.41, 5.74) is 2.61. The minimum atomic E-state index is -0.00502. The van der Waals surface area contributed by atoms with E-state index in [1.165, 1.54) is 19.8 Å². The van der Waals surface area contributed by atoms with Crippen molar-refractivity contribution in [2.75, 3.05) is 50.5 Å². The molecule has 4 heterocycles. The SMILES string of the molecule is C=C(C)O.CN(C)C(=O)c1cc2cnc(Nc3ccc(N4CCNCC4)cn3)nc2n1C1CCCC1.